The van der Waals surface area contributed by atoms with Gasteiger partial charge in [0, 0.05) is 24.2 Å². The molecule has 1 aliphatic rings. The molecule has 1 atom stereocenters. The van der Waals surface area contributed by atoms with Gasteiger partial charge in [0.2, 0.25) is 0 Å². The molecule has 3 rings (SSSR count). The molecule has 2 aromatic rings. The van der Waals surface area contributed by atoms with Crippen molar-refractivity contribution in [2.45, 2.75) is 45.2 Å². The van der Waals surface area contributed by atoms with Crippen LogP contribution in [0.25, 0.3) is 11.3 Å². The number of rotatable bonds is 7. The first-order chi connectivity index (χ1) is 12.1. The molecule has 0 spiro atoms. The second-order valence-electron chi connectivity index (χ2n) is 7.20. The lowest BCUT2D eigenvalue weighted by Crippen LogP contribution is -2.28. The molecule has 25 heavy (non-hydrogen) atoms. The van der Waals surface area contributed by atoms with E-state index in [4.69, 9.17) is 10.2 Å². The van der Waals surface area contributed by atoms with Crippen molar-refractivity contribution in [1.29, 1.82) is 0 Å². The minimum absolute atomic E-state index is 0.380. The summed E-state index contributed by atoms with van der Waals surface area (Å²) in [6.07, 6.45) is 6.87. The lowest BCUT2D eigenvalue weighted by Gasteiger charge is -2.20. The summed E-state index contributed by atoms with van der Waals surface area (Å²) in [7, 11) is 1.97. The largest absolute Gasteiger partial charge is 0.481 e. The first-order valence-corrected chi connectivity index (χ1v) is 9.09. The second kappa shape index (κ2) is 7.83. The van der Waals surface area contributed by atoms with Crippen molar-refractivity contribution >= 4 is 5.97 Å². The van der Waals surface area contributed by atoms with Crippen molar-refractivity contribution in [3.05, 3.63) is 42.1 Å². The van der Waals surface area contributed by atoms with E-state index in [1.54, 1.807) is 6.92 Å². The van der Waals surface area contributed by atoms with Crippen molar-refractivity contribution in [3.8, 4) is 11.3 Å². The molecular weight excluding hydrogens is 314 g/mol. The predicted octanol–water partition coefficient (Wildman–Crippen LogP) is 3.82. The highest BCUT2D eigenvalue weighted by Crippen LogP contribution is 2.35. The maximum absolute atomic E-state index is 11.1. The van der Waals surface area contributed by atoms with Crippen LogP contribution in [-0.2, 0) is 11.3 Å². The topological polar surface area (TPSA) is 58.4 Å². The third kappa shape index (κ3) is 4.10. The van der Waals surface area contributed by atoms with Crippen molar-refractivity contribution in [3.63, 3.8) is 0 Å². The number of carboxylic acid groups (broad SMARTS) is 1. The highest BCUT2D eigenvalue weighted by molar-refractivity contribution is 5.69. The Kier molecular flexibility index (Phi) is 5.53. The predicted molar refractivity (Wildman–Crippen MR) is 98.3 cm³/mol. The number of aromatic nitrogens is 2. The zero-order valence-corrected chi connectivity index (χ0v) is 15.1. The van der Waals surface area contributed by atoms with Crippen LogP contribution >= 0.6 is 0 Å². The van der Waals surface area contributed by atoms with Crippen LogP contribution in [0.2, 0.25) is 0 Å². The van der Waals surface area contributed by atoms with E-state index in [0.717, 1.165) is 5.56 Å². The summed E-state index contributed by atoms with van der Waals surface area (Å²) in [5.41, 5.74) is 3.53. The Morgan fingerprint density at radius 3 is 2.64 bits per heavy atom. The maximum Gasteiger partial charge on any atom is 0.307 e. The Morgan fingerprint density at radius 2 is 2.00 bits per heavy atom. The molecular formula is C20H27N3O2. The van der Waals surface area contributed by atoms with Gasteiger partial charge < -0.3 is 10.0 Å². The average Bonchev–Trinajstić information content (AvgIpc) is 3.24. The monoisotopic (exact) mass is 341 g/mol. The SMILES string of the molecule is C[C@@H](CN(C)Cc1cnn(C2CCCC2)c1-c1ccccc1)C(=O)O. The number of hydrogen-bond acceptors (Lipinski definition) is 3. The zero-order valence-electron chi connectivity index (χ0n) is 15.1. The van der Waals surface area contributed by atoms with Gasteiger partial charge in [-0.15, -0.1) is 0 Å². The summed E-state index contributed by atoms with van der Waals surface area (Å²) in [5, 5.41) is 13.8. The van der Waals surface area contributed by atoms with E-state index in [1.807, 2.05) is 19.3 Å². The fourth-order valence-electron chi connectivity index (χ4n) is 3.75. The Bertz CT molecular complexity index is 705. The van der Waals surface area contributed by atoms with Crippen LogP contribution in [0.3, 0.4) is 0 Å². The third-order valence-corrected chi connectivity index (χ3v) is 5.04. The van der Waals surface area contributed by atoms with Gasteiger partial charge in [0.15, 0.2) is 0 Å². The number of carboxylic acids is 1. The van der Waals surface area contributed by atoms with Crippen LogP contribution < -0.4 is 0 Å². The molecule has 1 aromatic carbocycles. The molecule has 0 saturated heterocycles. The molecule has 134 valence electrons. The van der Waals surface area contributed by atoms with Gasteiger partial charge in [-0.2, -0.15) is 5.10 Å². The van der Waals surface area contributed by atoms with Crippen LogP contribution in [0, 0.1) is 5.92 Å². The molecule has 0 radical (unpaired) electrons. The summed E-state index contributed by atoms with van der Waals surface area (Å²) in [4.78, 5) is 13.2. The molecule has 0 aliphatic heterocycles. The van der Waals surface area contributed by atoms with Crippen molar-refractivity contribution in [1.82, 2.24) is 14.7 Å². The van der Waals surface area contributed by atoms with E-state index in [9.17, 15) is 4.79 Å². The highest BCUT2D eigenvalue weighted by Gasteiger charge is 2.24. The van der Waals surface area contributed by atoms with Gasteiger partial charge in [0.05, 0.1) is 23.9 Å². The minimum atomic E-state index is -0.753. The standard InChI is InChI=1S/C20H27N3O2/c1-15(20(24)25)13-22(2)14-17-12-21-23(18-10-6-7-11-18)19(17)16-8-4-3-5-9-16/h3-5,8-9,12,15,18H,6-7,10-11,13-14H2,1-2H3,(H,24,25)/t15-/m0/s1. The smallest absolute Gasteiger partial charge is 0.307 e. The summed E-state index contributed by atoms with van der Waals surface area (Å²) >= 11 is 0. The Labute approximate surface area is 149 Å². The first kappa shape index (κ1) is 17.7. The Morgan fingerprint density at radius 1 is 1.32 bits per heavy atom. The van der Waals surface area contributed by atoms with Crippen molar-refractivity contribution in [2.75, 3.05) is 13.6 Å². The second-order valence-corrected chi connectivity index (χ2v) is 7.20. The minimum Gasteiger partial charge on any atom is -0.481 e. The Balaban J connectivity index is 1.87. The summed E-state index contributed by atoms with van der Waals surface area (Å²) in [6, 6.07) is 10.9. The molecule has 0 unspecified atom stereocenters. The number of hydrogen-bond donors (Lipinski definition) is 1. The van der Waals surface area contributed by atoms with Gasteiger partial charge in [-0.3, -0.25) is 9.48 Å². The highest BCUT2D eigenvalue weighted by atomic mass is 16.4. The van der Waals surface area contributed by atoms with E-state index >= 15 is 0 Å². The van der Waals surface area contributed by atoms with E-state index in [2.05, 4.69) is 33.8 Å². The molecule has 5 nitrogen and oxygen atoms in total. The third-order valence-electron chi connectivity index (χ3n) is 5.04. The van der Waals surface area contributed by atoms with Crippen molar-refractivity contribution < 1.29 is 9.90 Å². The fraction of sp³-hybridized carbons (Fsp3) is 0.500. The van der Waals surface area contributed by atoms with E-state index < -0.39 is 5.97 Å². The van der Waals surface area contributed by atoms with Crippen LogP contribution in [0.5, 0.6) is 0 Å². The zero-order chi connectivity index (χ0) is 17.8. The number of carbonyl (C=O) groups is 1. The molecule has 1 N–H and O–H groups in total. The van der Waals surface area contributed by atoms with Gasteiger partial charge in [-0.25, -0.2) is 0 Å². The Hall–Kier alpha value is -2.14. The van der Waals surface area contributed by atoms with Gasteiger partial charge in [-0.05, 0) is 19.9 Å². The van der Waals surface area contributed by atoms with E-state index in [1.165, 1.54) is 36.9 Å². The molecule has 0 bridgehead atoms. The van der Waals surface area contributed by atoms with Crippen LogP contribution in [-0.4, -0.2) is 39.3 Å². The molecule has 1 aromatic heterocycles. The molecule has 1 heterocycles. The number of nitrogens with zero attached hydrogens (tertiary/aromatic N) is 3. The summed E-state index contributed by atoms with van der Waals surface area (Å²) < 4.78 is 2.20. The lowest BCUT2D eigenvalue weighted by molar-refractivity contribution is -0.141. The normalized spacial score (nSPS) is 16.4. The fourth-order valence-corrected chi connectivity index (χ4v) is 3.75. The number of benzene rings is 1. The quantitative estimate of drug-likeness (QED) is 0.832. The van der Waals surface area contributed by atoms with Gasteiger partial charge in [0.1, 0.15) is 0 Å². The summed E-state index contributed by atoms with van der Waals surface area (Å²) in [6.45, 7) is 2.98. The molecule has 1 saturated carbocycles. The average molecular weight is 341 g/mol. The van der Waals surface area contributed by atoms with Crippen molar-refractivity contribution in [2.24, 2.45) is 5.92 Å². The molecule has 1 fully saturated rings. The molecule has 0 amide bonds. The summed E-state index contributed by atoms with van der Waals surface area (Å²) in [5.74, 6) is -1.13. The first-order valence-electron chi connectivity index (χ1n) is 9.09. The number of aliphatic carboxylic acids is 1. The molecule has 1 aliphatic carbocycles. The van der Waals surface area contributed by atoms with Gasteiger partial charge in [0.25, 0.3) is 0 Å². The maximum atomic E-state index is 11.1. The van der Waals surface area contributed by atoms with E-state index in [-0.39, 0.29) is 5.92 Å². The van der Waals surface area contributed by atoms with Crippen LogP contribution in [0.1, 0.15) is 44.2 Å². The van der Waals surface area contributed by atoms with Gasteiger partial charge >= 0.3 is 5.97 Å². The van der Waals surface area contributed by atoms with Gasteiger partial charge in [-0.1, -0.05) is 50.1 Å². The lowest BCUT2D eigenvalue weighted by atomic mass is 10.1. The molecule has 5 heteroatoms. The van der Waals surface area contributed by atoms with Crippen LogP contribution in [0.15, 0.2) is 36.5 Å². The van der Waals surface area contributed by atoms with Crippen LogP contribution in [0.4, 0.5) is 0 Å². The van der Waals surface area contributed by atoms with E-state index in [0.29, 0.717) is 19.1 Å².